The highest BCUT2D eigenvalue weighted by Crippen LogP contribution is 2.18. The lowest BCUT2D eigenvalue weighted by molar-refractivity contribution is -0.144. The van der Waals surface area contributed by atoms with Crippen molar-refractivity contribution in [3.05, 3.63) is 64.1 Å². The average molecular weight is 371 g/mol. The summed E-state index contributed by atoms with van der Waals surface area (Å²) in [7, 11) is 0. The first-order valence-corrected chi connectivity index (χ1v) is 7.26. The number of carbonyl (C=O) groups is 1. The fourth-order valence-corrected chi connectivity index (χ4v) is 2.18. The summed E-state index contributed by atoms with van der Waals surface area (Å²) < 4.78 is 34.3. The van der Waals surface area contributed by atoms with E-state index in [-0.39, 0.29) is 18.8 Å². The Labute approximate surface area is 135 Å². The molecule has 6 heteroatoms. The monoisotopic (exact) mass is 370 g/mol. The maximum absolute atomic E-state index is 12.0. The third-order valence-corrected chi connectivity index (χ3v) is 3.62. The van der Waals surface area contributed by atoms with Crippen molar-refractivity contribution in [1.29, 1.82) is 0 Å². The van der Waals surface area contributed by atoms with E-state index in [2.05, 4.69) is 20.7 Å². The van der Waals surface area contributed by atoms with E-state index in [1.165, 1.54) is 12.1 Å². The van der Waals surface area contributed by atoms with E-state index < -0.39 is 12.6 Å². The van der Waals surface area contributed by atoms with Gasteiger partial charge in [0.1, 0.15) is 12.4 Å². The van der Waals surface area contributed by atoms with Gasteiger partial charge < -0.3 is 9.47 Å². The summed E-state index contributed by atoms with van der Waals surface area (Å²) in [5.74, 6) is -0.335. The zero-order valence-corrected chi connectivity index (χ0v) is 13.1. The molecule has 3 nitrogen and oxygen atoms in total. The number of halogens is 3. The Bertz CT molecular complexity index is 630. The van der Waals surface area contributed by atoms with Crippen molar-refractivity contribution in [1.82, 2.24) is 0 Å². The van der Waals surface area contributed by atoms with E-state index in [9.17, 15) is 13.6 Å². The van der Waals surface area contributed by atoms with Gasteiger partial charge in [-0.05, 0) is 23.8 Å². The van der Waals surface area contributed by atoms with E-state index in [4.69, 9.17) is 4.74 Å². The Morgan fingerprint density at radius 1 is 1.09 bits per heavy atom. The highest BCUT2D eigenvalue weighted by atomic mass is 79.9. The molecule has 0 bridgehead atoms. The van der Waals surface area contributed by atoms with E-state index in [1.54, 1.807) is 12.1 Å². The number of rotatable bonds is 6. The van der Waals surface area contributed by atoms with Gasteiger partial charge in [0.05, 0.1) is 6.42 Å². The minimum atomic E-state index is -2.86. The fourth-order valence-electron chi connectivity index (χ4n) is 1.78. The Balaban J connectivity index is 1.85. The fraction of sp³-hybridized carbons (Fsp3) is 0.188. The molecular formula is C16H13BrF2O3. The summed E-state index contributed by atoms with van der Waals surface area (Å²) in [5.41, 5.74) is 1.54. The molecule has 0 spiro atoms. The maximum Gasteiger partial charge on any atom is 0.387 e. The molecule has 0 saturated heterocycles. The van der Waals surface area contributed by atoms with Gasteiger partial charge in [-0.15, -0.1) is 0 Å². The summed E-state index contributed by atoms with van der Waals surface area (Å²) in [6.07, 6.45) is 0.0689. The van der Waals surface area contributed by atoms with Crippen LogP contribution >= 0.6 is 15.9 Å². The number of esters is 1. The second-order valence-corrected chi connectivity index (χ2v) is 5.31. The van der Waals surface area contributed by atoms with E-state index in [0.717, 1.165) is 10.0 Å². The summed E-state index contributed by atoms with van der Waals surface area (Å²) >= 11 is 3.37. The highest BCUT2D eigenvalue weighted by Gasteiger charge is 2.08. The van der Waals surface area contributed by atoms with Crippen LogP contribution < -0.4 is 4.74 Å². The van der Waals surface area contributed by atoms with Gasteiger partial charge in [-0.3, -0.25) is 4.79 Å². The molecular weight excluding hydrogens is 358 g/mol. The van der Waals surface area contributed by atoms with Crippen LogP contribution in [-0.2, 0) is 22.6 Å². The van der Waals surface area contributed by atoms with Gasteiger partial charge in [-0.2, -0.15) is 8.78 Å². The molecule has 2 aromatic rings. The molecule has 0 aliphatic rings. The van der Waals surface area contributed by atoms with Gasteiger partial charge in [0.2, 0.25) is 0 Å². The number of carbonyl (C=O) groups excluding carboxylic acids is 1. The van der Waals surface area contributed by atoms with Crippen LogP contribution in [0.25, 0.3) is 0 Å². The van der Waals surface area contributed by atoms with Crippen molar-refractivity contribution >= 4 is 21.9 Å². The SMILES string of the molecule is O=C(Cc1ccc(OC(F)F)cc1)OCc1ccccc1Br. The topological polar surface area (TPSA) is 35.5 Å². The van der Waals surface area contributed by atoms with Crippen molar-refractivity contribution in [3.63, 3.8) is 0 Å². The number of hydrogen-bond donors (Lipinski definition) is 0. The van der Waals surface area contributed by atoms with Crippen LogP contribution in [0, 0.1) is 0 Å². The van der Waals surface area contributed by atoms with Crippen molar-refractivity contribution in [2.24, 2.45) is 0 Å². The molecule has 0 saturated carbocycles. The summed E-state index contributed by atoms with van der Waals surface area (Å²) in [6, 6.07) is 13.3. The zero-order chi connectivity index (χ0) is 15.9. The van der Waals surface area contributed by atoms with Crippen molar-refractivity contribution < 1.29 is 23.0 Å². The minimum Gasteiger partial charge on any atom is -0.461 e. The average Bonchev–Trinajstić information content (AvgIpc) is 2.48. The lowest BCUT2D eigenvalue weighted by Gasteiger charge is -2.08. The minimum absolute atomic E-state index is 0.0559. The third kappa shape index (κ3) is 5.11. The molecule has 0 radical (unpaired) electrons. The van der Waals surface area contributed by atoms with Crippen LogP contribution in [-0.4, -0.2) is 12.6 Å². The van der Waals surface area contributed by atoms with Crippen molar-refractivity contribution in [2.45, 2.75) is 19.6 Å². The smallest absolute Gasteiger partial charge is 0.387 e. The molecule has 2 rings (SSSR count). The maximum atomic E-state index is 12.0. The quantitative estimate of drug-likeness (QED) is 0.709. The van der Waals surface area contributed by atoms with Crippen LogP contribution in [0.3, 0.4) is 0 Å². The normalized spacial score (nSPS) is 10.5. The van der Waals surface area contributed by atoms with Gasteiger partial charge in [0.25, 0.3) is 0 Å². The Morgan fingerprint density at radius 3 is 2.41 bits per heavy atom. The van der Waals surface area contributed by atoms with Crippen LogP contribution in [0.1, 0.15) is 11.1 Å². The second-order valence-electron chi connectivity index (χ2n) is 4.45. The first-order chi connectivity index (χ1) is 10.5. The largest absolute Gasteiger partial charge is 0.461 e. The lowest BCUT2D eigenvalue weighted by Crippen LogP contribution is -2.08. The lowest BCUT2D eigenvalue weighted by atomic mass is 10.1. The zero-order valence-electron chi connectivity index (χ0n) is 11.5. The Hall–Kier alpha value is -1.95. The summed E-state index contributed by atoms with van der Waals surface area (Å²) in [5, 5.41) is 0. The van der Waals surface area contributed by atoms with Crippen molar-refractivity contribution in [2.75, 3.05) is 0 Å². The molecule has 0 aliphatic heterocycles. The van der Waals surface area contributed by atoms with Gasteiger partial charge >= 0.3 is 12.6 Å². The first-order valence-electron chi connectivity index (χ1n) is 6.47. The standard InChI is InChI=1S/C16H13BrF2O3/c17-14-4-2-1-3-12(14)10-21-15(20)9-11-5-7-13(8-6-11)22-16(18)19/h1-8,16H,9-10H2. The molecule has 0 fully saturated rings. The number of ether oxygens (including phenoxy) is 2. The van der Waals surface area contributed by atoms with Crippen LogP contribution in [0.2, 0.25) is 0 Å². The Kier molecular flexibility index (Phi) is 5.89. The van der Waals surface area contributed by atoms with Gasteiger partial charge in [0.15, 0.2) is 0 Å². The molecule has 0 unspecified atom stereocenters. The van der Waals surface area contributed by atoms with Crippen LogP contribution in [0.15, 0.2) is 53.0 Å². The Morgan fingerprint density at radius 2 is 1.77 bits per heavy atom. The number of benzene rings is 2. The molecule has 22 heavy (non-hydrogen) atoms. The van der Waals surface area contributed by atoms with Gasteiger partial charge in [0, 0.05) is 10.0 Å². The predicted molar refractivity (Wildman–Crippen MR) is 80.7 cm³/mol. The molecule has 0 aromatic heterocycles. The van der Waals surface area contributed by atoms with E-state index in [1.807, 2.05) is 24.3 Å². The van der Waals surface area contributed by atoms with Crippen LogP contribution in [0.4, 0.5) is 8.78 Å². The third-order valence-electron chi connectivity index (χ3n) is 2.84. The number of hydrogen-bond acceptors (Lipinski definition) is 3. The molecule has 0 aliphatic carbocycles. The molecule has 116 valence electrons. The van der Waals surface area contributed by atoms with E-state index in [0.29, 0.717) is 5.56 Å². The van der Waals surface area contributed by atoms with Crippen LogP contribution in [0.5, 0.6) is 5.75 Å². The highest BCUT2D eigenvalue weighted by molar-refractivity contribution is 9.10. The molecule has 0 N–H and O–H groups in total. The molecule has 2 aromatic carbocycles. The predicted octanol–water partition coefficient (Wildman–Crippen LogP) is 4.34. The first kappa shape index (κ1) is 16.4. The van der Waals surface area contributed by atoms with Crippen molar-refractivity contribution in [3.8, 4) is 5.75 Å². The van der Waals surface area contributed by atoms with Gasteiger partial charge in [-0.1, -0.05) is 46.3 Å². The molecule has 0 amide bonds. The summed E-state index contributed by atoms with van der Waals surface area (Å²) in [6.45, 7) is -2.69. The molecule has 0 atom stereocenters. The number of alkyl halides is 2. The second kappa shape index (κ2) is 7.89. The summed E-state index contributed by atoms with van der Waals surface area (Å²) in [4.78, 5) is 11.8. The van der Waals surface area contributed by atoms with E-state index >= 15 is 0 Å². The molecule has 0 heterocycles. The van der Waals surface area contributed by atoms with Gasteiger partial charge in [-0.25, -0.2) is 0 Å².